The Bertz CT molecular complexity index is 1230. The fourth-order valence-electron chi connectivity index (χ4n) is 7.24. The van der Waals surface area contributed by atoms with Gasteiger partial charge >= 0.3 is 5.97 Å². The van der Waals surface area contributed by atoms with Gasteiger partial charge in [-0.3, -0.25) is 14.2 Å². The molecule has 0 saturated heterocycles. The van der Waals surface area contributed by atoms with E-state index in [1.807, 2.05) is 33.3 Å². The van der Waals surface area contributed by atoms with Gasteiger partial charge in [-0.2, -0.15) is 0 Å². The summed E-state index contributed by atoms with van der Waals surface area (Å²) in [4.78, 5) is 39.6. The number of likely N-dealkylation sites (N-methyl/N-ethyl adjacent to an activating group) is 1. The maximum atomic E-state index is 13.4. The lowest BCUT2D eigenvalue weighted by molar-refractivity contribution is -0.870. The van der Waals surface area contributed by atoms with Crippen molar-refractivity contribution in [1.82, 2.24) is 5.32 Å². The average Bonchev–Trinajstić information content (AvgIpc) is 3.23. The van der Waals surface area contributed by atoms with Gasteiger partial charge in [0.1, 0.15) is 19.3 Å². The van der Waals surface area contributed by atoms with Crippen LogP contribution in [-0.2, 0) is 27.9 Å². The Labute approximate surface area is 388 Å². The van der Waals surface area contributed by atoms with E-state index in [9.17, 15) is 19.0 Å². The maximum Gasteiger partial charge on any atom is 0.306 e. The van der Waals surface area contributed by atoms with Gasteiger partial charge in [0.2, 0.25) is 5.91 Å². The van der Waals surface area contributed by atoms with Crippen molar-refractivity contribution in [1.29, 1.82) is 0 Å². The molecule has 1 N–H and O–H groups in total. The minimum Gasteiger partial charge on any atom is -0.756 e. The lowest BCUT2D eigenvalue weighted by atomic mass is 10.0. The number of ether oxygens (including phenoxy) is 1. The number of nitrogens with zero attached hydrogens (tertiary/aromatic N) is 1. The fourth-order valence-corrected chi connectivity index (χ4v) is 7.96. The summed E-state index contributed by atoms with van der Waals surface area (Å²) in [6.07, 6.45) is 50.7. The van der Waals surface area contributed by atoms with Crippen molar-refractivity contribution < 1.29 is 37.3 Å². The molecule has 368 valence electrons. The number of phosphoric acid groups is 1. The average molecular weight is 907 g/mol. The molecule has 0 aromatic heterocycles. The molecule has 9 nitrogen and oxygen atoms in total. The third-order valence-electron chi connectivity index (χ3n) is 11.3. The van der Waals surface area contributed by atoms with Crippen LogP contribution < -0.4 is 10.2 Å². The molecule has 0 aliphatic rings. The number of nitrogens with one attached hydrogen (secondary N) is 1. The number of allylic oxidation sites excluding steroid dienone is 7. The van der Waals surface area contributed by atoms with E-state index >= 15 is 0 Å². The molecule has 63 heavy (non-hydrogen) atoms. The number of carbonyl (C=O) groups is 2. The molecular weight excluding hydrogens is 808 g/mol. The highest BCUT2D eigenvalue weighted by Crippen LogP contribution is 2.38. The van der Waals surface area contributed by atoms with Crippen LogP contribution in [0.5, 0.6) is 0 Å². The molecule has 1 amide bonds. The predicted molar refractivity (Wildman–Crippen MR) is 266 cm³/mol. The first-order valence-electron chi connectivity index (χ1n) is 25.9. The zero-order valence-corrected chi connectivity index (χ0v) is 42.7. The van der Waals surface area contributed by atoms with Crippen LogP contribution >= 0.6 is 7.82 Å². The number of hydrogen-bond acceptors (Lipinski definition) is 7. The van der Waals surface area contributed by atoms with Crippen LogP contribution in [0.25, 0.3) is 0 Å². The quantitative estimate of drug-likeness (QED) is 0.0213. The highest BCUT2D eigenvalue weighted by Gasteiger charge is 2.27. The first-order valence-corrected chi connectivity index (χ1v) is 27.4. The summed E-state index contributed by atoms with van der Waals surface area (Å²) in [5.74, 6) is -0.567. The van der Waals surface area contributed by atoms with Crippen molar-refractivity contribution in [3.63, 3.8) is 0 Å². The van der Waals surface area contributed by atoms with Gasteiger partial charge in [-0.15, -0.1) is 0 Å². The van der Waals surface area contributed by atoms with E-state index in [2.05, 4.69) is 62.5 Å². The molecule has 3 atom stereocenters. The number of phosphoric ester groups is 1. The van der Waals surface area contributed by atoms with Crippen LogP contribution in [0.1, 0.15) is 226 Å². The second kappa shape index (κ2) is 43.8. The van der Waals surface area contributed by atoms with Crippen LogP contribution in [0, 0.1) is 0 Å². The fraction of sp³-hybridized carbons (Fsp3) is 0.811. The normalized spacial score (nSPS) is 14.3. The number of unbranched alkanes of at least 4 members (excludes halogenated alkanes) is 24. The summed E-state index contributed by atoms with van der Waals surface area (Å²) in [5, 5.41) is 3.00. The summed E-state index contributed by atoms with van der Waals surface area (Å²) in [6.45, 7) is 6.69. The molecule has 0 saturated carbocycles. The molecule has 0 bridgehead atoms. The van der Waals surface area contributed by atoms with E-state index in [4.69, 9.17) is 13.8 Å². The number of rotatable bonds is 46. The number of amides is 1. The molecular formula is C53H99N2O7P. The smallest absolute Gasteiger partial charge is 0.306 e. The molecule has 0 rings (SSSR count). The van der Waals surface area contributed by atoms with Crippen LogP contribution in [0.15, 0.2) is 48.6 Å². The molecule has 10 heteroatoms. The Morgan fingerprint density at radius 3 is 1.52 bits per heavy atom. The van der Waals surface area contributed by atoms with Gasteiger partial charge in [-0.25, -0.2) is 0 Å². The summed E-state index contributed by atoms with van der Waals surface area (Å²) < 4.78 is 30.1. The Morgan fingerprint density at radius 2 is 1.02 bits per heavy atom. The monoisotopic (exact) mass is 907 g/mol. The minimum atomic E-state index is -4.69. The SMILES string of the molecule is CC/C=C/C/C=C/C/C=C/CCCCCCC(=O)OC(/C=C/CCCCCCCCCCCC)C(COP(=O)([O-])OCC[N+](C)(C)C)NC(=O)CCCCCCCCCCCCC. The predicted octanol–water partition coefficient (Wildman–Crippen LogP) is 14.4. The molecule has 0 heterocycles. The largest absolute Gasteiger partial charge is 0.756 e. The summed E-state index contributed by atoms with van der Waals surface area (Å²) in [5.41, 5.74) is 0. The zero-order chi connectivity index (χ0) is 46.5. The summed E-state index contributed by atoms with van der Waals surface area (Å²) >= 11 is 0. The van der Waals surface area contributed by atoms with Gasteiger partial charge in [0.25, 0.3) is 7.82 Å². The molecule has 0 aliphatic carbocycles. The van der Waals surface area contributed by atoms with Crippen LogP contribution in [0.3, 0.4) is 0 Å². The van der Waals surface area contributed by atoms with Gasteiger partial charge in [-0.05, 0) is 63.9 Å². The standard InChI is InChI=1S/C53H99N2O7P/c1-7-10-13-16-19-22-25-27-28-31-34-37-40-43-46-53(57)62-51(44-41-38-35-32-30-26-23-20-17-14-11-8-2)50(49-61-63(58,59)60-48-47-55(4,5)6)54-52(56)45-42-39-36-33-29-24-21-18-15-12-9-3/h10,13,19,22,27-28,41,44,50-51H,7-9,11-12,14-18,20-21,23-26,29-40,42-43,45-49H2,1-6H3,(H-,54,56,58,59)/b13-10+,22-19+,28-27+,44-41+. The van der Waals surface area contributed by atoms with Crippen molar-refractivity contribution in [3.05, 3.63) is 48.6 Å². The summed E-state index contributed by atoms with van der Waals surface area (Å²) in [6, 6.07) is -0.892. The lowest BCUT2D eigenvalue weighted by Crippen LogP contribution is -2.47. The van der Waals surface area contributed by atoms with E-state index in [-0.39, 0.29) is 24.9 Å². The van der Waals surface area contributed by atoms with E-state index in [1.54, 1.807) is 0 Å². The summed E-state index contributed by atoms with van der Waals surface area (Å²) in [7, 11) is 1.17. The van der Waals surface area contributed by atoms with Gasteiger partial charge in [0.05, 0.1) is 33.8 Å². The molecule has 0 aromatic carbocycles. The molecule has 0 spiro atoms. The number of quaternary nitrogens is 1. The molecule has 0 aliphatic heterocycles. The van der Waals surface area contributed by atoms with Gasteiger partial charge in [-0.1, -0.05) is 198 Å². The number of hydrogen-bond donors (Lipinski definition) is 1. The van der Waals surface area contributed by atoms with Crippen molar-refractivity contribution in [2.24, 2.45) is 0 Å². The molecule has 0 aromatic rings. The van der Waals surface area contributed by atoms with Crippen molar-refractivity contribution in [2.45, 2.75) is 238 Å². The third-order valence-corrected chi connectivity index (χ3v) is 12.2. The minimum absolute atomic E-state index is 0.0256. The first kappa shape index (κ1) is 61.0. The van der Waals surface area contributed by atoms with Crippen molar-refractivity contribution in [2.75, 3.05) is 40.9 Å². The Balaban J connectivity index is 5.47. The molecule has 0 radical (unpaired) electrons. The van der Waals surface area contributed by atoms with Crippen LogP contribution in [-0.4, -0.2) is 69.4 Å². The van der Waals surface area contributed by atoms with E-state index in [1.165, 1.54) is 103 Å². The van der Waals surface area contributed by atoms with Crippen LogP contribution in [0.4, 0.5) is 0 Å². The first-order chi connectivity index (χ1) is 30.4. The van der Waals surface area contributed by atoms with Gasteiger partial charge in [0, 0.05) is 12.8 Å². The van der Waals surface area contributed by atoms with Gasteiger partial charge in [0.15, 0.2) is 0 Å². The number of carbonyl (C=O) groups excluding carboxylic acids is 2. The van der Waals surface area contributed by atoms with Gasteiger partial charge < -0.3 is 28.5 Å². The third kappa shape index (κ3) is 44.9. The van der Waals surface area contributed by atoms with Crippen molar-refractivity contribution in [3.8, 4) is 0 Å². The number of esters is 1. The zero-order valence-electron chi connectivity index (χ0n) is 41.8. The topological polar surface area (TPSA) is 114 Å². The van der Waals surface area contributed by atoms with E-state index < -0.39 is 26.6 Å². The highest BCUT2D eigenvalue weighted by molar-refractivity contribution is 7.45. The maximum absolute atomic E-state index is 13.4. The van der Waals surface area contributed by atoms with Crippen LogP contribution in [0.2, 0.25) is 0 Å². The second-order valence-corrected chi connectivity index (χ2v) is 20.1. The van der Waals surface area contributed by atoms with E-state index in [0.717, 1.165) is 83.5 Å². The van der Waals surface area contributed by atoms with E-state index in [0.29, 0.717) is 23.9 Å². The second-order valence-electron chi connectivity index (χ2n) is 18.6. The molecule has 3 unspecified atom stereocenters. The Kier molecular flexibility index (Phi) is 42.4. The Hall–Kier alpha value is -2.03. The highest BCUT2D eigenvalue weighted by atomic mass is 31.2. The van der Waals surface area contributed by atoms with Crippen molar-refractivity contribution >= 4 is 19.7 Å². The Morgan fingerprint density at radius 1 is 0.571 bits per heavy atom. The molecule has 0 fully saturated rings. The lowest BCUT2D eigenvalue weighted by Gasteiger charge is -2.30.